The summed E-state index contributed by atoms with van der Waals surface area (Å²) in [5, 5.41) is 10.2. The van der Waals surface area contributed by atoms with Crippen molar-refractivity contribution in [3.05, 3.63) is 96.3 Å². The van der Waals surface area contributed by atoms with Crippen molar-refractivity contribution < 1.29 is 23.1 Å². The fraction of sp³-hybridized carbons (Fsp3) is 0.258. The number of nitrogens with zero attached hydrogens (tertiary/aromatic N) is 3. The molecule has 0 saturated carbocycles. The molecule has 42 heavy (non-hydrogen) atoms. The summed E-state index contributed by atoms with van der Waals surface area (Å²) in [6.07, 6.45) is 3.72. The van der Waals surface area contributed by atoms with Gasteiger partial charge >= 0.3 is 0 Å². The number of anilines is 3. The summed E-state index contributed by atoms with van der Waals surface area (Å²) in [6, 6.07) is 24.2. The predicted octanol–water partition coefficient (Wildman–Crippen LogP) is 4.96. The van der Waals surface area contributed by atoms with Crippen molar-refractivity contribution in [2.75, 3.05) is 42.9 Å². The smallest absolute Gasteiger partial charge is 0.290 e. The van der Waals surface area contributed by atoms with Crippen LogP contribution in [0.1, 0.15) is 17.5 Å². The van der Waals surface area contributed by atoms with E-state index >= 15 is 0 Å². The third kappa shape index (κ3) is 9.10. The Kier molecular flexibility index (Phi) is 11.0. The second-order valence-electron chi connectivity index (χ2n) is 9.77. The fourth-order valence-electron chi connectivity index (χ4n) is 4.46. The van der Waals surface area contributed by atoms with Crippen LogP contribution in [0.3, 0.4) is 0 Å². The molecule has 1 aromatic heterocycles. The van der Waals surface area contributed by atoms with Crippen LogP contribution in [0.25, 0.3) is 11.3 Å². The third-order valence-electron chi connectivity index (χ3n) is 6.70. The first-order valence-corrected chi connectivity index (χ1v) is 15.1. The third-order valence-corrected chi connectivity index (χ3v) is 8.10. The van der Waals surface area contributed by atoms with E-state index in [2.05, 4.69) is 49.2 Å². The molecule has 1 aliphatic rings. The van der Waals surface area contributed by atoms with E-state index in [0.717, 1.165) is 68.2 Å². The van der Waals surface area contributed by atoms with Crippen LogP contribution in [0.2, 0.25) is 0 Å². The maximum absolute atomic E-state index is 12.6. The molecule has 220 valence electrons. The van der Waals surface area contributed by atoms with Gasteiger partial charge in [0.05, 0.1) is 23.8 Å². The lowest BCUT2D eigenvalue weighted by Crippen LogP contribution is -2.36. The van der Waals surface area contributed by atoms with Crippen molar-refractivity contribution in [1.29, 1.82) is 0 Å². The Hall–Kier alpha value is -4.32. The van der Waals surface area contributed by atoms with Gasteiger partial charge in [-0.25, -0.2) is 18.4 Å². The quantitative estimate of drug-likeness (QED) is 0.219. The summed E-state index contributed by atoms with van der Waals surface area (Å²) < 4.78 is 33.3. The summed E-state index contributed by atoms with van der Waals surface area (Å²) in [5.74, 6) is 0.655. The minimum Gasteiger partial charge on any atom is -0.483 e. The Balaban J connectivity index is 0.00000129. The number of hydrogen-bond acceptors (Lipinski definition) is 8. The number of aryl methyl sites for hydroxylation is 2. The molecule has 0 atom stereocenters. The zero-order chi connectivity index (χ0) is 29.8. The molecule has 3 N–H and O–H groups in total. The van der Waals surface area contributed by atoms with Crippen LogP contribution < -0.4 is 10.0 Å². The molecule has 0 radical (unpaired) electrons. The van der Waals surface area contributed by atoms with E-state index in [4.69, 9.17) is 14.6 Å². The minimum absolute atomic E-state index is 0.227. The monoisotopic (exact) mass is 589 g/mol. The van der Waals surface area contributed by atoms with E-state index in [1.807, 2.05) is 13.0 Å². The van der Waals surface area contributed by atoms with E-state index in [0.29, 0.717) is 11.5 Å². The van der Waals surface area contributed by atoms with Gasteiger partial charge in [0, 0.05) is 36.1 Å². The van der Waals surface area contributed by atoms with E-state index in [9.17, 15) is 8.42 Å². The number of carboxylic acid groups (broad SMARTS) is 1. The molecule has 2 heterocycles. The Labute approximate surface area is 246 Å². The molecule has 1 aliphatic heterocycles. The Morgan fingerprint density at radius 3 is 2.24 bits per heavy atom. The van der Waals surface area contributed by atoms with Crippen LogP contribution in [0.4, 0.5) is 17.2 Å². The van der Waals surface area contributed by atoms with Gasteiger partial charge in [0.25, 0.3) is 16.5 Å². The van der Waals surface area contributed by atoms with Gasteiger partial charge in [0.15, 0.2) is 0 Å². The van der Waals surface area contributed by atoms with Crippen LogP contribution in [0, 0.1) is 6.92 Å². The molecule has 4 aromatic rings. The Bertz CT molecular complexity index is 1520. The number of ether oxygens (including phenoxy) is 1. The van der Waals surface area contributed by atoms with Gasteiger partial charge in [-0.2, -0.15) is 0 Å². The van der Waals surface area contributed by atoms with Crippen LogP contribution >= 0.6 is 0 Å². The summed E-state index contributed by atoms with van der Waals surface area (Å²) >= 11 is 0. The van der Waals surface area contributed by atoms with E-state index in [1.54, 1.807) is 48.5 Å². The standard InChI is InChI=1S/C30H33N5O3S.CH2O2/c1-23-4-14-28(15-5-23)39(36,37)34-27-12-10-26(11-13-27)33-30-21-29(31-22-32-30)25-8-6-24(7-9-25)3-2-16-35-17-19-38-20-18-35;2-1-3/h4-15,21-22,34H,2-3,16-20H2,1H3,(H,31,32,33);1H,(H,2,3). The number of carbonyl (C=O) groups is 1. The number of aromatic nitrogens is 2. The van der Waals surface area contributed by atoms with Crippen LogP contribution in [0.5, 0.6) is 0 Å². The zero-order valence-corrected chi connectivity index (χ0v) is 24.3. The van der Waals surface area contributed by atoms with Crippen molar-refractivity contribution in [2.45, 2.75) is 24.7 Å². The summed E-state index contributed by atoms with van der Waals surface area (Å²) in [5.41, 5.74) is 5.44. The van der Waals surface area contributed by atoms with Gasteiger partial charge in [-0.3, -0.25) is 14.4 Å². The second-order valence-corrected chi connectivity index (χ2v) is 11.5. The van der Waals surface area contributed by atoms with Gasteiger partial charge in [0.1, 0.15) is 12.1 Å². The van der Waals surface area contributed by atoms with Crippen LogP contribution in [0.15, 0.2) is 90.1 Å². The predicted molar refractivity (Wildman–Crippen MR) is 163 cm³/mol. The van der Waals surface area contributed by atoms with E-state index < -0.39 is 10.0 Å². The molecular weight excluding hydrogens is 554 g/mol. The highest BCUT2D eigenvalue weighted by Gasteiger charge is 2.14. The van der Waals surface area contributed by atoms with Gasteiger partial charge in [-0.1, -0.05) is 42.0 Å². The van der Waals surface area contributed by atoms with Gasteiger partial charge < -0.3 is 15.2 Å². The first kappa shape index (κ1) is 30.6. The minimum atomic E-state index is -3.65. The van der Waals surface area contributed by atoms with E-state index in [1.165, 1.54) is 11.9 Å². The number of morpholine rings is 1. The topological polar surface area (TPSA) is 134 Å². The molecule has 1 saturated heterocycles. The summed E-state index contributed by atoms with van der Waals surface area (Å²) in [6.45, 7) is 6.50. The number of hydrogen-bond donors (Lipinski definition) is 3. The van der Waals surface area contributed by atoms with Crippen LogP contribution in [-0.4, -0.2) is 67.7 Å². The normalized spacial score (nSPS) is 13.5. The van der Waals surface area contributed by atoms with Gasteiger partial charge in [-0.05, 0) is 68.3 Å². The van der Waals surface area contributed by atoms with Crippen molar-refractivity contribution in [1.82, 2.24) is 14.9 Å². The molecule has 0 bridgehead atoms. The summed E-state index contributed by atoms with van der Waals surface area (Å²) in [4.78, 5) is 19.8. The van der Waals surface area contributed by atoms with E-state index in [-0.39, 0.29) is 11.4 Å². The maximum atomic E-state index is 12.6. The summed E-state index contributed by atoms with van der Waals surface area (Å²) in [7, 11) is -3.65. The van der Waals surface area contributed by atoms with Crippen molar-refractivity contribution in [3.8, 4) is 11.3 Å². The lowest BCUT2D eigenvalue weighted by molar-refractivity contribution is -0.122. The molecule has 5 rings (SSSR count). The molecule has 1 fully saturated rings. The first-order chi connectivity index (χ1) is 20.4. The SMILES string of the molecule is Cc1ccc(S(=O)(=O)Nc2ccc(Nc3cc(-c4ccc(CCCN5CCOCC5)cc4)ncn3)cc2)cc1.O=CO. The molecule has 3 aromatic carbocycles. The Morgan fingerprint density at radius 1 is 0.929 bits per heavy atom. The van der Waals surface area contributed by atoms with Crippen LogP contribution in [-0.2, 0) is 26.0 Å². The highest BCUT2D eigenvalue weighted by Crippen LogP contribution is 2.24. The number of nitrogens with one attached hydrogen (secondary N) is 2. The fourth-order valence-corrected chi connectivity index (χ4v) is 5.52. The lowest BCUT2D eigenvalue weighted by atomic mass is 10.1. The lowest BCUT2D eigenvalue weighted by Gasteiger charge is -2.26. The van der Waals surface area contributed by atoms with Crippen molar-refractivity contribution in [2.24, 2.45) is 0 Å². The number of sulfonamides is 1. The molecule has 0 aliphatic carbocycles. The van der Waals surface area contributed by atoms with Crippen molar-refractivity contribution in [3.63, 3.8) is 0 Å². The van der Waals surface area contributed by atoms with Gasteiger partial charge in [-0.15, -0.1) is 0 Å². The molecule has 0 spiro atoms. The number of rotatable bonds is 10. The molecule has 0 amide bonds. The largest absolute Gasteiger partial charge is 0.483 e. The highest BCUT2D eigenvalue weighted by atomic mass is 32.2. The zero-order valence-electron chi connectivity index (χ0n) is 23.4. The van der Waals surface area contributed by atoms with Crippen molar-refractivity contribution >= 4 is 33.7 Å². The molecular formula is C31H35N5O5S. The second kappa shape index (κ2) is 15.1. The molecule has 11 heteroatoms. The molecule has 10 nitrogen and oxygen atoms in total. The first-order valence-electron chi connectivity index (χ1n) is 13.6. The molecule has 0 unspecified atom stereocenters. The Morgan fingerprint density at radius 2 is 1.57 bits per heavy atom. The maximum Gasteiger partial charge on any atom is 0.290 e. The average molecular weight is 590 g/mol. The van der Waals surface area contributed by atoms with Gasteiger partial charge in [0.2, 0.25) is 0 Å². The average Bonchev–Trinajstić information content (AvgIpc) is 3.00. The highest BCUT2D eigenvalue weighted by molar-refractivity contribution is 7.92. The number of benzene rings is 3.